The number of aliphatic hydroxyl groups excluding tert-OH is 2. The number of carbonyl (C=O) groups is 2. The second kappa shape index (κ2) is 11.0. The van der Waals surface area contributed by atoms with E-state index in [0.717, 1.165) is 24.8 Å². The summed E-state index contributed by atoms with van der Waals surface area (Å²) in [4.78, 5) is 27.0. The van der Waals surface area contributed by atoms with Gasteiger partial charge in [-0.3, -0.25) is 4.79 Å². The van der Waals surface area contributed by atoms with Gasteiger partial charge in [0.2, 0.25) is 0 Å². The minimum Gasteiger partial charge on any atom is -0.397 e. The largest absolute Gasteiger partial charge is 0.397 e. The summed E-state index contributed by atoms with van der Waals surface area (Å²) >= 11 is 0. The molecule has 182 valence electrons. The normalized spacial score (nSPS) is 13.1. The molecular weight excluding hydrogens is 444 g/mol. The number of para-hydroxylation sites is 2. The molecule has 0 heterocycles. The SMILES string of the molecule is Nc1ccccc1NC(=O)c1ccc(CN(CC(O)CO)C(=O)Nc2ccc3c(c2)CCC3)cc1. The Morgan fingerprint density at radius 2 is 1.71 bits per heavy atom. The number of hydrogen-bond donors (Lipinski definition) is 5. The van der Waals surface area contributed by atoms with Gasteiger partial charge in [-0.1, -0.05) is 30.3 Å². The first kappa shape index (κ1) is 24.3. The van der Waals surface area contributed by atoms with Crippen molar-refractivity contribution in [2.45, 2.75) is 31.9 Å². The summed E-state index contributed by atoms with van der Waals surface area (Å²) < 4.78 is 0. The molecule has 0 saturated carbocycles. The van der Waals surface area contributed by atoms with Crippen LogP contribution in [-0.2, 0) is 19.4 Å². The minimum absolute atomic E-state index is 0.0389. The number of rotatable bonds is 8. The maximum atomic E-state index is 13.0. The molecule has 6 N–H and O–H groups in total. The first-order valence-electron chi connectivity index (χ1n) is 11.6. The molecule has 1 atom stereocenters. The Bertz CT molecular complexity index is 1200. The number of nitrogens with one attached hydrogen (secondary N) is 2. The summed E-state index contributed by atoms with van der Waals surface area (Å²) in [5.41, 5.74) is 11.4. The highest BCUT2D eigenvalue weighted by atomic mass is 16.3. The molecule has 0 radical (unpaired) electrons. The molecule has 0 spiro atoms. The number of hydrogen-bond acceptors (Lipinski definition) is 5. The van der Waals surface area contributed by atoms with Crippen LogP contribution in [0.15, 0.2) is 66.7 Å². The predicted octanol–water partition coefficient (Wildman–Crippen LogP) is 3.40. The Morgan fingerprint density at radius 3 is 2.46 bits per heavy atom. The number of benzene rings is 3. The summed E-state index contributed by atoms with van der Waals surface area (Å²) in [6, 6.07) is 19.4. The Morgan fingerprint density at radius 1 is 0.971 bits per heavy atom. The Kier molecular flexibility index (Phi) is 7.64. The second-order valence-corrected chi connectivity index (χ2v) is 8.72. The molecule has 3 aromatic rings. The molecular formula is C27H30N4O4. The molecule has 0 bridgehead atoms. The number of aliphatic hydroxyl groups is 2. The number of amides is 3. The standard InChI is InChI=1S/C27H30N4O4/c28-24-6-1-2-7-25(24)30-26(34)20-10-8-18(9-11-20)15-31(16-23(33)17-32)27(35)29-22-13-12-19-4-3-5-21(19)14-22/h1-2,6-14,23,32-33H,3-5,15-17,28H2,(H,29,35)(H,30,34). The molecule has 8 nitrogen and oxygen atoms in total. The Hall–Kier alpha value is -3.88. The third-order valence-electron chi connectivity index (χ3n) is 6.08. The predicted molar refractivity (Wildman–Crippen MR) is 136 cm³/mol. The number of aryl methyl sites for hydroxylation is 2. The molecule has 4 rings (SSSR count). The van der Waals surface area contributed by atoms with Crippen LogP contribution in [0.4, 0.5) is 21.9 Å². The zero-order valence-corrected chi connectivity index (χ0v) is 19.4. The molecule has 35 heavy (non-hydrogen) atoms. The van der Waals surface area contributed by atoms with Crippen molar-refractivity contribution in [2.24, 2.45) is 0 Å². The maximum Gasteiger partial charge on any atom is 0.322 e. The molecule has 1 aliphatic rings. The molecule has 3 amide bonds. The van der Waals surface area contributed by atoms with Gasteiger partial charge in [-0.2, -0.15) is 0 Å². The third kappa shape index (κ3) is 6.17. The lowest BCUT2D eigenvalue weighted by atomic mass is 10.1. The second-order valence-electron chi connectivity index (χ2n) is 8.72. The fraction of sp³-hybridized carbons (Fsp3) is 0.259. The fourth-order valence-corrected chi connectivity index (χ4v) is 4.17. The van der Waals surface area contributed by atoms with Gasteiger partial charge in [0.25, 0.3) is 5.91 Å². The maximum absolute atomic E-state index is 13.0. The lowest BCUT2D eigenvalue weighted by Gasteiger charge is -2.25. The molecule has 8 heteroatoms. The first-order valence-corrected chi connectivity index (χ1v) is 11.6. The van der Waals surface area contributed by atoms with Crippen molar-refractivity contribution in [3.63, 3.8) is 0 Å². The van der Waals surface area contributed by atoms with Crippen molar-refractivity contribution in [3.8, 4) is 0 Å². The number of carbonyl (C=O) groups excluding carboxylic acids is 2. The monoisotopic (exact) mass is 474 g/mol. The topological polar surface area (TPSA) is 128 Å². The number of nitrogen functional groups attached to an aromatic ring is 1. The zero-order valence-electron chi connectivity index (χ0n) is 19.4. The molecule has 0 aliphatic heterocycles. The lowest BCUT2D eigenvalue weighted by Crippen LogP contribution is -2.40. The van der Waals surface area contributed by atoms with E-state index >= 15 is 0 Å². The van der Waals surface area contributed by atoms with Crippen LogP contribution in [0, 0.1) is 0 Å². The number of nitrogens with two attached hydrogens (primary N) is 1. The summed E-state index contributed by atoms with van der Waals surface area (Å²) in [5, 5.41) is 25.0. The minimum atomic E-state index is -1.07. The average molecular weight is 475 g/mol. The molecule has 1 unspecified atom stereocenters. The third-order valence-corrected chi connectivity index (χ3v) is 6.08. The molecule has 0 aromatic heterocycles. The van der Waals surface area contributed by atoms with Crippen molar-refractivity contribution < 1.29 is 19.8 Å². The highest BCUT2D eigenvalue weighted by Crippen LogP contribution is 2.25. The fourth-order valence-electron chi connectivity index (χ4n) is 4.17. The van der Waals surface area contributed by atoms with Gasteiger partial charge in [0, 0.05) is 17.8 Å². The number of urea groups is 1. The molecule has 1 aliphatic carbocycles. The molecule has 3 aromatic carbocycles. The quantitative estimate of drug-likeness (QED) is 0.320. The van der Waals surface area contributed by atoms with Crippen LogP contribution >= 0.6 is 0 Å². The van der Waals surface area contributed by atoms with E-state index in [0.29, 0.717) is 22.6 Å². The van der Waals surface area contributed by atoms with E-state index in [1.165, 1.54) is 16.0 Å². The van der Waals surface area contributed by atoms with E-state index < -0.39 is 12.7 Å². The van der Waals surface area contributed by atoms with Crippen molar-refractivity contribution in [2.75, 3.05) is 29.5 Å². The van der Waals surface area contributed by atoms with Crippen LogP contribution in [-0.4, -0.2) is 46.3 Å². The number of nitrogens with zero attached hydrogens (tertiary/aromatic N) is 1. The van der Waals surface area contributed by atoms with Crippen LogP contribution in [0.2, 0.25) is 0 Å². The van der Waals surface area contributed by atoms with Crippen molar-refractivity contribution in [1.29, 1.82) is 0 Å². The van der Waals surface area contributed by atoms with Crippen LogP contribution in [0.3, 0.4) is 0 Å². The van der Waals surface area contributed by atoms with Crippen LogP contribution in [0.5, 0.6) is 0 Å². The highest BCUT2D eigenvalue weighted by Gasteiger charge is 2.19. The van der Waals surface area contributed by atoms with Gasteiger partial charge in [0.05, 0.1) is 30.6 Å². The van der Waals surface area contributed by atoms with Crippen LogP contribution in [0.1, 0.15) is 33.5 Å². The van der Waals surface area contributed by atoms with Gasteiger partial charge >= 0.3 is 6.03 Å². The zero-order chi connectivity index (χ0) is 24.8. The smallest absolute Gasteiger partial charge is 0.322 e. The van der Waals surface area contributed by atoms with Crippen molar-refractivity contribution in [3.05, 3.63) is 89.0 Å². The lowest BCUT2D eigenvalue weighted by molar-refractivity contribution is 0.0680. The van der Waals surface area contributed by atoms with Crippen molar-refractivity contribution >= 4 is 29.0 Å². The summed E-state index contributed by atoms with van der Waals surface area (Å²) in [6.45, 7) is -0.297. The van der Waals surface area contributed by atoms with E-state index in [9.17, 15) is 19.8 Å². The van der Waals surface area contributed by atoms with Gasteiger partial charge in [0.1, 0.15) is 0 Å². The summed E-state index contributed by atoms with van der Waals surface area (Å²) in [7, 11) is 0. The Labute approximate surface area is 204 Å². The summed E-state index contributed by atoms with van der Waals surface area (Å²) in [5.74, 6) is -0.295. The van der Waals surface area contributed by atoms with E-state index in [1.807, 2.05) is 18.2 Å². The average Bonchev–Trinajstić information content (AvgIpc) is 3.33. The van der Waals surface area contributed by atoms with Crippen LogP contribution < -0.4 is 16.4 Å². The summed E-state index contributed by atoms with van der Waals surface area (Å²) in [6.07, 6.45) is 2.12. The first-order chi connectivity index (χ1) is 16.9. The van der Waals surface area contributed by atoms with Gasteiger partial charge in [0.15, 0.2) is 0 Å². The molecule has 0 fully saturated rings. The van der Waals surface area contributed by atoms with Crippen LogP contribution in [0.25, 0.3) is 0 Å². The van der Waals surface area contributed by atoms with E-state index in [1.54, 1.807) is 48.5 Å². The van der Waals surface area contributed by atoms with Crippen molar-refractivity contribution in [1.82, 2.24) is 4.90 Å². The molecule has 0 saturated heterocycles. The van der Waals surface area contributed by atoms with Gasteiger partial charge in [-0.25, -0.2) is 4.79 Å². The number of fused-ring (bicyclic) bond motifs is 1. The van der Waals surface area contributed by atoms with E-state index in [2.05, 4.69) is 10.6 Å². The highest BCUT2D eigenvalue weighted by molar-refractivity contribution is 6.05. The Balaban J connectivity index is 1.43. The number of anilines is 3. The van der Waals surface area contributed by atoms with E-state index in [-0.39, 0.29) is 25.0 Å². The van der Waals surface area contributed by atoms with Gasteiger partial charge in [-0.15, -0.1) is 0 Å². The van der Waals surface area contributed by atoms with Gasteiger partial charge in [-0.05, 0) is 72.4 Å². The van der Waals surface area contributed by atoms with Gasteiger partial charge < -0.3 is 31.5 Å². The van der Waals surface area contributed by atoms with E-state index in [4.69, 9.17) is 5.73 Å².